The van der Waals surface area contributed by atoms with Crippen LogP contribution in [0.2, 0.25) is 0 Å². The van der Waals surface area contributed by atoms with Gasteiger partial charge in [-0.05, 0) is 23.5 Å². The number of nitrogens with two attached hydrogens (primary N) is 1. The summed E-state index contributed by atoms with van der Waals surface area (Å²) in [6.45, 7) is 4.91. The number of hydrogen-bond donors (Lipinski definition) is 1. The van der Waals surface area contributed by atoms with Crippen molar-refractivity contribution in [1.29, 1.82) is 0 Å². The zero-order chi connectivity index (χ0) is 9.68. The van der Waals surface area contributed by atoms with Crippen LogP contribution in [0.15, 0.2) is 24.3 Å². The standard InChI is InChI=1S/C11H17NO/c1-3-9(2)11-6-4-10(5-7-11)8-13-12/h4-7,9H,3,8,12H2,1-2H3. The van der Waals surface area contributed by atoms with Crippen LogP contribution in [0.25, 0.3) is 0 Å². The first-order chi connectivity index (χ1) is 6.27. The van der Waals surface area contributed by atoms with Gasteiger partial charge in [0.1, 0.15) is 0 Å². The van der Waals surface area contributed by atoms with E-state index in [1.807, 2.05) is 0 Å². The largest absolute Gasteiger partial charge is 0.300 e. The zero-order valence-corrected chi connectivity index (χ0v) is 8.29. The van der Waals surface area contributed by atoms with Gasteiger partial charge in [-0.15, -0.1) is 0 Å². The summed E-state index contributed by atoms with van der Waals surface area (Å²) in [5.41, 5.74) is 2.50. The molecular formula is C11H17NO. The molecule has 72 valence electrons. The fourth-order valence-corrected chi connectivity index (χ4v) is 1.27. The molecule has 0 saturated heterocycles. The van der Waals surface area contributed by atoms with E-state index in [1.165, 1.54) is 12.0 Å². The summed E-state index contributed by atoms with van der Waals surface area (Å²) in [5, 5.41) is 0. The molecule has 0 aliphatic carbocycles. The van der Waals surface area contributed by atoms with Gasteiger partial charge in [0, 0.05) is 0 Å². The van der Waals surface area contributed by atoms with Gasteiger partial charge in [-0.2, -0.15) is 0 Å². The highest BCUT2D eigenvalue weighted by molar-refractivity contribution is 5.24. The van der Waals surface area contributed by atoms with Gasteiger partial charge >= 0.3 is 0 Å². The van der Waals surface area contributed by atoms with Gasteiger partial charge in [-0.3, -0.25) is 4.84 Å². The third kappa shape index (κ3) is 2.83. The molecule has 0 radical (unpaired) electrons. The van der Waals surface area contributed by atoms with Crippen LogP contribution in [0.3, 0.4) is 0 Å². The van der Waals surface area contributed by atoms with Crippen molar-refractivity contribution in [2.75, 3.05) is 0 Å². The maximum atomic E-state index is 4.98. The average Bonchev–Trinajstić information content (AvgIpc) is 2.18. The van der Waals surface area contributed by atoms with Crippen LogP contribution in [0, 0.1) is 0 Å². The second-order valence-corrected chi connectivity index (χ2v) is 3.36. The van der Waals surface area contributed by atoms with Gasteiger partial charge in [0.15, 0.2) is 0 Å². The molecule has 0 saturated carbocycles. The van der Waals surface area contributed by atoms with Gasteiger partial charge < -0.3 is 0 Å². The van der Waals surface area contributed by atoms with Crippen molar-refractivity contribution < 1.29 is 4.84 Å². The minimum atomic E-state index is 0.487. The predicted octanol–water partition coefficient (Wildman–Crippen LogP) is 2.59. The molecule has 1 atom stereocenters. The highest BCUT2D eigenvalue weighted by Gasteiger charge is 2.01. The van der Waals surface area contributed by atoms with Crippen LogP contribution in [-0.4, -0.2) is 0 Å². The zero-order valence-electron chi connectivity index (χ0n) is 8.29. The van der Waals surface area contributed by atoms with Crippen molar-refractivity contribution in [3.8, 4) is 0 Å². The normalized spacial score (nSPS) is 12.8. The van der Waals surface area contributed by atoms with E-state index in [-0.39, 0.29) is 0 Å². The SMILES string of the molecule is CCC(C)c1ccc(CON)cc1. The Kier molecular flexibility index (Phi) is 3.93. The summed E-state index contributed by atoms with van der Waals surface area (Å²) in [5.74, 6) is 5.62. The molecule has 1 aromatic rings. The summed E-state index contributed by atoms with van der Waals surface area (Å²) in [6.07, 6.45) is 1.17. The first kappa shape index (κ1) is 10.2. The molecule has 0 bridgehead atoms. The molecule has 0 spiro atoms. The second kappa shape index (κ2) is 5.00. The topological polar surface area (TPSA) is 35.2 Å². The second-order valence-electron chi connectivity index (χ2n) is 3.36. The molecule has 0 aliphatic rings. The Morgan fingerprint density at radius 3 is 2.38 bits per heavy atom. The summed E-state index contributed by atoms with van der Waals surface area (Å²) in [4.78, 5) is 4.55. The lowest BCUT2D eigenvalue weighted by molar-refractivity contribution is 0.124. The molecular weight excluding hydrogens is 162 g/mol. The lowest BCUT2D eigenvalue weighted by atomic mass is 9.98. The van der Waals surface area contributed by atoms with Crippen molar-refractivity contribution in [3.63, 3.8) is 0 Å². The van der Waals surface area contributed by atoms with Crippen molar-refractivity contribution >= 4 is 0 Å². The van der Waals surface area contributed by atoms with Crippen LogP contribution in [0.4, 0.5) is 0 Å². The smallest absolute Gasteiger partial charge is 0.0930 e. The van der Waals surface area contributed by atoms with E-state index in [2.05, 4.69) is 43.0 Å². The molecule has 2 N–H and O–H groups in total. The van der Waals surface area contributed by atoms with E-state index < -0.39 is 0 Å². The van der Waals surface area contributed by atoms with Crippen LogP contribution in [0.1, 0.15) is 37.3 Å². The van der Waals surface area contributed by atoms with E-state index in [1.54, 1.807) is 0 Å². The van der Waals surface area contributed by atoms with E-state index >= 15 is 0 Å². The minimum absolute atomic E-state index is 0.487. The molecule has 2 nitrogen and oxygen atoms in total. The molecule has 0 heterocycles. The first-order valence-electron chi connectivity index (χ1n) is 4.68. The molecule has 0 aliphatic heterocycles. The Hall–Kier alpha value is -0.860. The molecule has 0 aromatic heterocycles. The quantitative estimate of drug-likeness (QED) is 0.721. The van der Waals surface area contributed by atoms with Gasteiger partial charge in [0.2, 0.25) is 0 Å². The van der Waals surface area contributed by atoms with E-state index in [4.69, 9.17) is 5.90 Å². The van der Waals surface area contributed by atoms with Gasteiger partial charge in [0.05, 0.1) is 6.61 Å². The van der Waals surface area contributed by atoms with Crippen LogP contribution >= 0.6 is 0 Å². The Balaban J connectivity index is 2.69. The minimum Gasteiger partial charge on any atom is -0.300 e. The highest BCUT2D eigenvalue weighted by Crippen LogP contribution is 2.18. The van der Waals surface area contributed by atoms with Crippen LogP contribution < -0.4 is 5.90 Å². The average molecular weight is 179 g/mol. The van der Waals surface area contributed by atoms with Crippen LogP contribution in [-0.2, 0) is 11.4 Å². The number of benzene rings is 1. The molecule has 2 heteroatoms. The molecule has 0 fully saturated rings. The van der Waals surface area contributed by atoms with Crippen molar-refractivity contribution in [3.05, 3.63) is 35.4 Å². The Bertz CT molecular complexity index is 243. The number of rotatable bonds is 4. The molecule has 1 aromatic carbocycles. The summed E-state index contributed by atoms with van der Waals surface area (Å²) >= 11 is 0. The van der Waals surface area contributed by atoms with Crippen molar-refractivity contribution in [2.24, 2.45) is 5.90 Å². The molecule has 13 heavy (non-hydrogen) atoms. The van der Waals surface area contributed by atoms with Gasteiger partial charge in [-0.25, -0.2) is 5.90 Å². The van der Waals surface area contributed by atoms with Gasteiger partial charge in [-0.1, -0.05) is 38.1 Å². The summed E-state index contributed by atoms with van der Waals surface area (Å²) in [7, 11) is 0. The maximum absolute atomic E-state index is 4.98. The summed E-state index contributed by atoms with van der Waals surface area (Å²) < 4.78 is 0. The van der Waals surface area contributed by atoms with E-state index in [0.717, 1.165) is 5.56 Å². The molecule has 1 rings (SSSR count). The molecule has 0 amide bonds. The Morgan fingerprint density at radius 1 is 1.31 bits per heavy atom. The van der Waals surface area contributed by atoms with Crippen LogP contribution in [0.5, 0.6) is 0 Å². The van der Waals surface area contributed by atoms with E-state index in [9.17, 15) is 0 Å². The lowest BCUT2D eigenvalue weighted by Gasteiger charge is -2.09. The number of hydrogen-bond acceptors (Lipinski definition) is 2. The monoisotopic (exact) mass is 179 g/mol. The maximum Gasteiger partial charge on any atom is 0.0930 e. The fraction of sp³-hybridized carbons (Fsp3) is 0.455. The fourth-order valence-electron chi connectivity index (χ4n) is 1.27. The van der Waals surface area contributed by atoms with Gasteiger partial charge in [0.25, 0.3) is 0 Å². The van der Waals surface area contributed by atoms with E-state index in [0.29, 0.717) is 12.5 Å². The van der Waals surface area contributed by atoms with Crippen molar-refractivity contribution in [1.82, 2.24) is 0 Å². The first-order valence-corrected chi connectivity index (χ1v) is 4.68. The third-order valence-electron chi connectivity index (χ3n) is 2.41. The Labute approximate surface area is 79.7 Å². The predicted molar refractivity (Wildman–Crippen MR) is 54.1 cm³/mol. The Morgan fingerprint density at radius 2 is 1.92 bits per heavy atom. The highest BCUT2D eigenvalue weighted by atomic mass is 16.6. The lowest BCUT2D eigenvalue weighted by Crippen LogP contribution is -1.99. The van der Waals surface area contributed by atoms with Crippen molar-refractivity contribution in [2.45, 2.75) is 32.8 Å². The molecule has 1 unspecified atom stereocenters. The third-order valence-corrected chi connectivity index (χ3v) is 2.41. The summed E-state index contributed by atoms with van der Waals surface area (Å²) in [6, 6.07) is 8.41.